The highest BCUT2D eigenvalue weighted by molar-refractivity contribution is 5.61. The van der Waals surface area contributed by atoms with Gasteiger partial charge in [-0.05, 0) is 26.0 Å². The Morgan fingerprint density at radius 3 is 2.89 bits per heavy atom. The van der Waals surface area contributed by atoms with Crippen molar-refractivity contribution in [3.05, 3.63) is 23.8 Å². The number of methoxy groups -OCH3 is 1. The molecule has 1 saturated heterocycles. The molecule has 1 heterocycles. The van der Waals surface area contributed by atoms with Gasteiger partial charge in [0.15, 0.2) is 0 Å². The Morgan fingerprint density at radius 1 is 1.50 bits per heavy atom. The molecule has 100 valence electrons. The maximum atomic E-state index is 6.09. The van der Waals surface area contributed by atoms with E-state index in [2.05, 4.69) is 17.9 Å². The number of hydrogen-bond acceptors (Lipinski definition) is 4. The first kappa shape index (κ1) is 13.2. The Labute approximate surface area is 109 Å². The molecule has 1 aliphatic rings. The zero-order chi connectivity index (χ0) is 13.1. The van der Waals surface area contributed by atoms with Crippen LogP contribution >= 0.6 is 0 Å². The summed E-state index contributed by atoms with van der Waals surface area (Å²) in [4.78, 5) is 2.33. The number of morpholine rings is 1. The van der Waals surface area contributed by atoms with E-state index >= 15 is 0 Å². The van der Waals surface area contributed by atoms with E-state index in [0.717, 1.165) is 31.0 Å². The van der Waals surface area contributed by atoms with Gasteiger partial charge in [-0.15, -0.1) is 0 Å². The SMILES string of the molecule is COc1cccc(N2CCOC(C)C2)c1C(C)N. The molecule has 2 atom stereocenters. The smallest absolute Gasteiger partial charge is 0.125 e. The van der Waals surface area contributed by atoms with Gasteiger partial charge >= 0.3 is 0 Å². The topological polar surface area (TPSA) is 47.7 Å². The van der Waals surface area contributed by atoms with Crippen LogP contribution in [0.4, 0.5) is 5.69 Å². The van der Waals surface area contributed by atoms with Crippen molar-refractivity contribution < 1.29 is 9.47 Å². The number of ether oxygens (including phenoxy) is 2. The summed E-state index contributed by atoms with van der Waals surface area (Å²) < 4.78 is 11.0. The maximum absolute atomic E-state index is 6.09. The lowest BCUT2D eigenvalue weighted by atomic mass is 10.0. The summed E-state index contributed by atoms with van der Waals surface area (Å²) in [5, 5.41) is 0. The quantitative estimate of drug-likeness (QED) is 0.890. The van der Waals surface area contributed by atoms with Crippen LogP contribution in [-0.2, 0) is 4.74 Å². The molecule has 1 aromatic rings. The first-order chi connectivity index (χ1) is 8.63. The molecule has 4 heteroatoms. The van der Waals surface area contributed by atoms with Gasteiger partial charge in [-0.2, -0.15) is 0 Å². The van der Waals surface area contributed by atoms with Crippen molar-refractivity contribution in [2.45, 2.75) is 26.0 Å². The van der Waals surface area contributed by atoms with Crippen molar-refractivity contribution in [2.24, 2.45) is 5.73 Å². The molecule has 1 fully saturated rings. The number of nitrogens with zero attached hydrogens (tertiary/aromatic N) is 1. The molecule has 2 unspecified atom stereocenters. The van der Waals surface area contributed by atoms with E-state index in [1.807, 2.05) is 19.1 Å². The van der Waals surface area contributed by atoms with Crippen LogP contribution in [0, 0.1) is 0 Å². The van der Waals surface area contributed by atoms with Gasteiger partial charge in [-0.25, -0.2) is 0 Å². The molecular weight excluding hydrogens is 228 g/mol. The average molecular weight is 250 g/mol. The van der Waals surface area contributed by atoms with Crippen molar-refractivity contribution in [1.82, 2.24) is 0 Å². The zero-order valence-electron chi connectivity index (χ0n) is 11.3. The molecule has 4 nitrogen and oxygen atoms in total. The second kappa shape index (κ2) is 5.59. The van der Waals surface area contributed by atoms with Gasteiger partial charge in [0.25, 0.3) is 0 Å². The lowest BCUT2D eigenvalue weighted by Gasteiger charge is -2.35. The average Bonchev–Trinajstić information content (AvgIpc) is 2.37. The largest absolute Gasteiger partial charge is 0.496 e. The summed E-state index contributed by atoms with van der Waals surface area (Å²) in [6, 6.07) is 6.04. The molecular formula is C14H22N2O2. The standard InChI is InChI=1S/C14H22N2O2/c1-10-9-16(7-8-18-10)12-5-4-6-13(17-3)14(12)11(2)15/h4-6,10-11H,7-9,15H2,1-3H3. The van der Waals surface area contributed by atoms with Crippen molar-refractivity contribution in [2.75, 3.05) is 31.7 Å². The number of anilines is 1. The highest BCUT2D eigenvalue weighted by Gasteiger charge is 2.22. The van der Waals surface area contributed by atoms with E-state index in [1.54, 1.807) is 7.11 Å². The molecule has 0 amide bonds. The van der Waals surface area contributed by atoms with Crippen LogP contribution in [0.2, 0.25) is 0 Å². The second-order valence-electron chi connectivity index (χ2n) is 4.81. The Morgan fingerprint density at radius 2 is 2.28 bits per heavy atom. The van der Waals surface area contributed by atoms with Gasteiger partial charge in [0.05, 0.1) is 19.8 Å². The van der Waals surface area contributed by atoms with Gasteiger partial charge in [0.2, 0.25) is 0 Å². The fourth-order valence-electron chi connectivity index (χ4n) is 2.48. The van der Waals surface area contributed by atoms with E-state index in [0.29, 0.717) is 0 Å². The van der Waals surface area contributed by atoms with Gasteiger partial charge in [-0.3, -0.25) is 0 Å². The number of hydrogen-bond donors (Lipinski definition) is 1. The fourth-order valence-corrected chi connectivity index (χ4v) is 2.48. The molecule has 0 aliphatic carbocycles. The van der Waals surface area contributed by atoms with Gasteiger partial charge < -0.3 is 20.1 Å². The van der Waals surface area contributed by atoms with Crippen LogP contribution in [0.25, 0.3) is 0 Å². The van der Waals surface area contributed by atoms with Gasteiger partial charge in [0.1, 0.15) is 5.75 Å². The van der Waals surface area contributed by atoms with Crippen LogP contribution in [0.1, 0.15) is 25.5 Å². The van der Waals surface area contributed by atoms with Crippen molar-refractivity contribution in [1.29, 1.82) is 0 Å². The monoisotopic (exact) mass is 250 g/mol. The Bertz CT molecular complexity index is 407. The first-order valence-electron chi connectivity index (χ1n) is 6.42. The van der Waals surface area contributed by atoms with Crippen LogP contribution in [-0.4, -0.2) is 32.9 Å². The fraction of sp³-hybridized carbons (Fsp3) is 0.571. The number of benzene rings is 1. The van der Waals surface area contributed by atoms with Crippen molar-refractivity contribution in [3.63, 3.8) is 0 Å². The van der Waals surface area contributed by atoms with Gasteiger partial charge in [-0.1, -0.05) is 6.07 Å². The van der Waals surface area contributed by atoms with Crippen molar-refractivity contribution >= 4 is 5.69 Å². The van der Waals surface area contributed by atoms with Crippen LogP contribution in [0.3, 0.4) is 0 Å². The molecule has 0 radical (unpaired) electrons. The van der Waals surface area contributed by atoms with E-state index < -0.39 is 0 Å². The van der Waals surface area contributed by atoms with E-state index in [4.69, 9.17) is 15.2 Å². The Kier molecular flexibility index (Phi) is 4.09. The minimum absolute atomic E-state index is 0.0469. The summed E-state index contributed by atoms with van der Waals surface area (Å²) in [6.07, 6.45) is 0.255. The van der Waals surface area contributed by atoms with Crippen LogP contribution in [0.15, 0.2) is 18.2 Å². The summed E-state index contributed by atoms with van der Waals surface area (Å²) >= 11 is 0. The lowest BCUT2D eigenvalue weighted by molar-refractivity contribution is 0.0531. The molecule has 1 aliphatic heterocycles. The normalized spacial score (nSPS) is 21.8. The number of rotatable bonds is 3. The highest BCUT2D eigenvalue weighted by atomic mass is 16.5. The molecule has 0 saturated carbocycles. The van der Waals surface area contributed by atoms with Gasteiger partial charge in [0, 0.05) is 30.4 Å². The third kappa shape index (κ3) is 2.60. The second-order valence-corrected chi connectivity index (χ2v) is 4.81. The van der Waals surface area contributed by atoms with Crippen LogP contribution < -0.4 is 15.4 Å². The lowest BCUT2D eigenvalue weighted by Crippen LogP contribution is -2.41. The van der Waals surface area contributed by atoms with E-state index in [1.165, 1.54) is 5.69 Å². The number of nitrogens with two attached hydrogens (primary N) is 1. The third-order valence-corrected chi connectivity index (χ3v) is 3.30. The molecule has 0 aromatic heterocycles. The van der Waals surface area contributed by atoms with E-state index in [9.17, 15) is 0 Å². The maximum Gasteiger partial charge on any atom is 0.125 e. The summed E-state index contributed by atoms with van der Waals surface area (Å²) in [6.45, 7) is 6.64. The molecule has 2 N–H and O–H groups in total. The first-order valence-corrected chi connectivity index (χ1v) is 6.42. The predicted octanol–water partition coefficient (Wildman–Crippen LogP) is 1.94. The predicted molar refractivity (Wildman–Crippen MR) is 73.2 cm³/mol. The Balaban J connectivity index is 2.36. The minimum atomic E-state index is -0.0469. The molecule has 18 heavy (non-hydrogen) atoms. The molecule has 0 bridgehead atoms. The molecule has 1 aromatic carbocycles. The summed E-state index contributed by atoms with van der Waals surface area (Å²) in [7, 11) is 1.69. The van der Waals surface area contributed by atoms with Crippen molar-refractivity contribution in [3.8, 4) is 5.75 Å². The molecule has 0 spiro atoms. The Hall–Kier alpha value is -1.26. The third-order valence-electron chi connectivity index (χ3n) is 3.30. The molecule has 2 rings (SSSR count). The van der Waals surface area contributed by atoms with Crippen LogP contribution in [0.5, 0.6) is 5.75 Å². The summed E-state index contributed by atoms with van der Waals surface area (Å²) in [5.41, 5.74) is 8.34. The highest BCUT2D eigenvalue weighted by Crippen LogP contribution is 2.34. The van der Waals surface area contributed by atoms with E-state index in [-0.39, 0.29) is 12.1 Å². The summed E-state index contributed by atoms with van der Waals surface area (Å²) in [5.74, 6) is 0.863. The minimum Gasteiger partial charge on any atom is -0.496 e. The zero-order valence-corrected chi connectivity index (χ0v) is 11.3.